The maximum atomic E-state index is 12.5. The first-order chi connectivity index (χ1) is 7.27. The van der Waals surface area contributed by atoms with E-state index in [0.717, 1.165) is 6.07 Å². The molecule has 0 aliphatic rings. The second-order valence-electron chi connectivity index (χ2n) is 3.19. The fourth-order valence-corrected chi connectivity index (χ4v) is 1.38. The van der Waals surface area contributed by atoms with Gasteiger partial charge in [0, 0.05) is 12.2 Å². The molecule has 0 saturated carbocycles. The van der Waals surface area contributed by atoms with Crippen LogP contribution < -0.4 is 5.73 Å². The third kappa shape index (κ3) is 2.46. The second kappa shape index (κ2) is 4.32. The van der Waals surface area contributed by atoms with Gasteiger partial charge in [-0.2, -0.15) is 13.2 Å². The fourth-order valence-electron chi connectivity index (χ4n) is 1.38. The van der Waals surface area contributed by atoms with Gasteiger partial charge in [0.05, 0.1) is 5.56 Å². The van der Waals surface area contributed by atoms with Crippen molar-refractivity contribution in [3.8, 4) is 0 Å². The molecule has 1 rings (SSSR count). The average molecular weight is 240 g/mol. The number of nitrogens with zero attached hydrogens (tertiary/aromatic N) is 1. The fraction of sp³-hybridized carbons (Fsp3) is 0.444. The Morgan fingerprint density at radius 3 is 2.31 bits per heavy atom. The molecule has 1 aromatic heterocycles. The lowest BCUT2D eigenvalue weighted by atomic mass is 10.0. The number of nitrogens with two attached hydrogens (primary N) is 1. The summed E-state index contributed by atoms with van der Waals surface area (Å²) in [6.45, 7) is 0.912. The smallest absolute Gasteiger partial charge is 0.326 e. The molecular formula is C9H9F5N2. The molecule has 0 aromatic carbocycles. The van der Waals surface area contributed by atoms with Crippen molar-refractivity contribution in [1.29, 1.82) is 0 Å². The monoisotopic (exact) mass is 240 g/mol. The van der Waals surface area contributed by atoms with Gasteiger partial charge in [-0.3, -0.25) is 0 Å². The minimum atomic E-state index is -4.90. The number of rotatable bonds is 2. The highest BCUT2D eigenvalue weighted by Gasteiger charge is 2.39. The van der Waals surface area contributed by atoms with E-state index in [9.17, 15) is 22.0 Å². The van der Waals surface area contributed by atoms with E-state index in [1.54, 1.807) is 0 Å². The van der Waals surface area contributed by atoms with Crippen molar-refractivity contribution in [2.24, 2.45) is 5.73 Å². The van der Waals surface area contributed by atoms with E-state index in [0.29, 0.717) is 0 Å². The summed E-state index contributed by atoms with van der Waals surface area (Å²) in [5.41, 5.74) is 2.25. The van der Waals surface area contributed by atoms with Crippen LogP contribution in [0.15, 0.2) is 6.07 Å². The van der Waals surface area contributed by atoms with Crippen molar-refractivity contribution >= 4 is 0 Å². The van der Waals surface area contributed by atoms with Crippen molar-refractivity contribution in [2.45, 2.75) is 26.1 Å². The van der Waals surface area contributed by atoms with E-state index in [1.807, 2.05) is 0 Å². The molecular weight excluding hydrogens is 231 g/mol. The van der Waals surface area contributed by atoms with Gasteiger partial charge in [-0.05, 0) is 18.6 Å². The van der Waals surface area contributed by atoms with Crippen LogP contribution >= 0.6 is 0 Å². The molecule has 90 valence electrons. The summed E-state index contributed by atoms with van der Waals surface area (Å²) in [5, 5.41) is 0. The molecule has 0 aliphatic carbocycles. The Morgan fingerprint density at radius 2 is 1.94 bits per heavy atom. The summed E-state index contributed by atoms with van der Waals surface area (Å²) in [5.74, 6) is 0. The highest BCUT2D eigenvalue weighted by Crippen LogP contribution is 2.36. The van der Waals surface area contributed by atoms with E-state index < -0.39 is 23.9 Å². The van der Waals surface area contributed by atoms with Crippen LogP contribution in [-0.4, -0.2) is 4.98 Å². The lowest BCUT2D eigenvalue weighted by Gasteiger charge is -2.15. The van der Waals surface area contributed by atoms with Crippen LogP contribution in [0.3, 0.4) is 0 Å². The first-order valence-corrected chi connectivity index (χ1v) is 4.33. The SMILES string of the molecule is Cc1cc(CN)c(C(F)F)c(C(F)(F)F)n1. The summed E-state index contributed by atoms with van der Waals surface area (Å²) >= 11 is 0. The highest BCUT2D eigenvalue weighted by atomic mass is 19.4. The molecule has 0 amide bonds. The first-order valence-electron chi connectivity index (χ1n) is 4.33. The lowest BCUT2D eigenvalue weighted by Crippen LogP contribution is -2.17. The molecule has 0 fully saturated rings. The van der Waals surface area contributed by atoms with Gasteiger partial charge in [-0.1, -0.05) is 0 Å². The Balaban J connectivity index is 3.51. The van der Waals surface area contributed by atoms with Crippen LogP contribution in [0, 0.1) is 6.92 Å². The quantitative estimate of drug-likeness (QED) is 0.807. The molecule has 16 heavy (non-hydrogen) atoms. The first kappa shape index (κ1) is 12.8. The minimum Gasteiger partial charge on any atom is -0.326 e. The zero-order valence-electron chi connectivity index (χ0n) is 8.28. The summed E-state index contributed by atoms with van der Waals surface area (Å²) in [6, 6.07) is 1.14. The molecule has 0 atom stereocenters. The van der Waals surface area contributed by atoms with Gasteiger partial charge in [0.2, 0.25) is 0 Å². The third-order valence-corrected chi connectivity index (χ3v) is 1.98. The predicted molar refractivity (Wildman–Crippen MR) is 46.8 cm³/mol. The number of alkyl halides is 5. The molecule has 0 saturated heterocycles. The summed E-state index contributed by atoms with van der Waals surface area (Å²) in [7, 11) is 0. The molecule has 2 nitrogen and oxygen atoms in total. The molecule has 0 bridgehead atoms. The summed E-state index contributed by atoms with van der Waals surface area (Å²) < 4.78 is 62.5. The predicted octanol–water partition coefficient (Wildman–Crippen LogP) is 2.81. The Labute approximate surface area is 88.3 Å². The van der Waals surface area contributed by atoms with Crippen LogP contribution in [0.4, 0.5) is 22.0 Å². The summed E-state index contributed by atoms with van der Waals surface area (Å²) in [4.78, 5) is 3.11. The van der Waals surface area contributed by atoms with Gasteiger partial charge < -0.3 is 5.73 Å². The van der Waals surface area contributed by atoms with Crippen LogP contribution in [-0.2, 0) is 12.7 Å². The largest absolute Gasteiger partial charge is 0.433 e. The van der Waals surface area contributed by atoms with Gasteiger partial charge >= 0.3 is 6.18 Å². The van der Waals surface area contributed by atoms with Gasteiger partial charge in [-0.15, -0.1) is 0 Å². The van der Waals surface area contributed by atoms with Crippen LogP contribution in [0.2, 0.25) is 0 Å². The summed E-state index contributed by atoms with van der Waals surface area (Å²) in [6.07, 6.45) is -8.15. The zero-order chi connectivity index (χ0) is 12.5. The normalized spacial score (nSPS) is 12.2. The molecule has 0 radical (unpaired) electrons. The zero-order valence-corrected chi connectivity index (χ0v) is 8.28. The van der Waals surface area contributed by atoms with E-state index in [4.69, 9.17) is 5.73 Å². The number of pyridine rings is 1. The topological polar surface area (TPSA) is 38.9 Å². The number of hydrogen-bond donors (Lipinski definition) is 1. The van der Waals surface area contributed by atoms with Gasteiger partial charge in [0.25, 0.3) is 6.43 Å². The van der Waals surface area contributed by atoms with E-state index in [-0.39, 0.29) is 17.8 Å². The van der Waals surface area contributed by atoms with Gasteiger partial charge in [0.15, 0.2) is 5.69 Å². The Morgan fingerprint density at radius 1 is 1.38 bits per heavy atom. The maximum absolute atomic E-state index is 12.5. The van der Waals surface area contributed by atoms with Crippen molar-refractivity contribution < 1.29 is 22.0 Å². The van der Waals surface area contributed by atoms with E-state index in [2.05, 4.69) is 4.98 Å². The molecule has 0 spiro atoms. The van der Waals surface area contributed by atoms with E-state index in [1.165, 1.54) is 6.92 Å². The molecule has 0 unspecified atom stereocenters. The molecule has 1 aromatic rings. The Hall–Kier alpha value is -1.24. The van der Waals surface area contributed by atoms with Crippen molar-refractivity contribution in [1.82, 2.24) is 4.98 Å². The number of halogens is 5. The Kier molecular flexibility index (Phi) is 3.47. The molecule has 0 aliphatic heterocycles. The number of aryl methyl sites for hydroxylation is 1. The van der Waals surface area contributed by atoms with Gasteiger partial charge in [0.1, 0.15) is 0 Å². The minimum absolute atomic E-state index is 0.0113. The molecule has 2 N–H and O–H groups in total. The van der Waals surface area contributed by atoms with Gasteiger partial charge in [-0.25, -0.2) is 13.8 Å². The average Bonchev–Trinajstić information content (AvgIpc) is 2.14. The van der Waals surface area contributed by atoms with Crippen molar-refractivity contribution in [3.05, 3.63) is 28.6 Å². The lowest BCUT2D eigenvalue weighted by molar-refractivity contribution is -0.143. The van der Waals surface area contributed by atoms with Crippen LogP contribution in [0.25, 0.3) is 0 Å². The highest BCUT2D eigenvalue weighted by molar-refractivity contribution is 5.35. The Bertz CT molecular complexity index is 386. The third-order valence-electron chi connectivity index (χ3n) is 1.98. The number of aromatic nitrogens is 1. The standard InChI is InChI=1S/C9H9F5N2/c1-4-2-5(3-15)6(8(10)11)7(16-4)9(12,13)14/h2,8H,3,15H2,1H3. The van der Waals surface area contributed by atoms with Crippen LogP contribution in [0.1, 0.15) is 28.9 Å². The molecule has 1 heterocycles. The van der Waals surface area contributed by atoms with Crippen molar-refractivity contribution in [2.75, 3.05) is 0 Å². The van der Waals surface area contributed by atoms with E-state index >= 15 is 0 Å². The van der Waals surface area contributed by atoms with Crippen molar-refractivity contribution in [3.63, 3.8) is 0 Å². The van der Waals surface area contributed by atoms with Crippen LogP contribution in [0.5, 0.6) is 0 Å². The number of hydrogen-bond acceptors (Lipinski definition) is 2. The maximum Gasteiger partial charge on any atom is 0.433 e. The molecule has 7 heteroatoms. The second-order valence-corrected chi connectivity index (χ2v) is 3.19.